The third-order valence-electron chi connectivity index (χ3n) is 4.06. The van der Waals surface area contributed by atoms with E-state index in [4.69, 9.17) is 16.3 Å². The highest BCUT2D eigenvalue weighted by atomic mass is 35.5. The summed E-state index contributed by atoms with van der Waals surface area (Å²) in [7, 11) is 0. The van der Waals surface area contributed by atoms with E-state index in [1.165, 1.54) is 0 Å². The molecule has 27 heavy (non-hydrogen) atoms. The van der Waals surface area contributed by atoms with Gasteiger partial charge in [-0.1, -0.05) is 37.6 Å². The number of benzene rings is 1. The molecule has 0 spiro atoms. The number of nitrogens with one attached hydrogen (secondary N) is 1. The van der Waals surface area contributed by atoms with Crippen LogP contribution < -0.4 is 5.32 Å². The highest BCUT2D eigenvalue weighted by Crippen LogP contribution is 2.16. The van der Waals surface area contributed by atoms with Gasteiger partial charge in [-0.2, -0.15) is 0 Å². The molecule has 0 bridgehead atoms. The Balaban J connectivity index is 2.78. The lowest BCUT2D eigenvalue weighted by Gasteiger charge is -2.31. The zero-order chi connectivity index (χ0) is 20.7. The molecule has 0 unspecified atom stereocenters. The smallest absolute Gasteiger partial charge is 0.329 e. The molecule has 0 fully saturated rings. The van der Waals surface area contributed by atoms with Crippen molar-refractivity contribution in [2.75, 3.05) is 6.61 Å². The number of hydrogen-bond acceptors (Lipinski definition) is 4. The second kappa shape index (κ2) is 10.3. The summed E-state index contributed by atoms with van der Waals surface area (Å²) in [5.74, 6) is -1.60. The Hall–Kier alpha value is -2.08. The number of rotatable bonds is 8. The lowest BCUT2D eigenvalue weighted by atomic mass is 10.0. The Morgan fingerprint density at radius 1 is 1.04 bits per heavy atom. The SMILES string of the molecule is CC(C)[C@H](NC(=O)c1ccccc1Cl)C(=O)OCC(=O)N(C(C)C)C(C)C. The van der Waals surface area contributed by atoms with Crippen LogP contribution in [0, 0.1) is 5.92 Å². The van der Waals surface area contributed by atoms with Gasteiger partial charge in [-0.15, -0.1) is 0 Å². The predicted octanol–water partition coefficient (Wildman–Crippen LogP) is 3.28. The van der Waals surface area contributed by atoms with Crippen molar-refractivity contribution in [3.8, 4) is 0 Å². The lowest BCUT2D eigenvalue weighted by molar-refractivity contribution is -0.155. The standard InChI is InChI=1S/C20H29ClN2O4/c1-12(2)18(22-19(25)15-9-7-8-10-16(15)21)20(26)27-11-17(24)23(13(3)4)14(5)6/h7-10,12-14,18H,11H2,1-6H3,(H,22,25)/t18-/m0/s1. The van der Waals surface area contributed by atoms with Crippen LogP contribution in [0.25, 0.3) is 0 Å². The van der Waals surface area contributed by atoms with Crippen LogP contribution in [0.4, 0.5) is 0 Å². The molecule has 0 saturated heterocycles. The molecule has 0 heterocycles. The van der Waals surface area contributed by atoms with Crippen molar-refractivity contribution in [2.24, 2.45) is 5.92 Å². The molecular formula is C20H29ClN2O4. The Kier molecular flexibility index (Phi) is 8.76. The second-order valence-corrected chi connectivity index (χ2v) is 7.68. The Morgan fingerprint density at radius 2 is 1.59 bits per heavy atom. The number of nitrogens with zero attached hydrogens (tertiary/aromatic N) is 1. The van der Waals surface area contributed by atoms with Crippen LogP contribution in [0.15, 0.2) is 24.3 Å². The molecule has 1 aromatic rings. The summed E-state index contributed by atoms with van der Waals surface area (Å²) in [6, 6.07) is 5.70. The van der Waals surface area contributed by atoms with Gasteiger partial charge in [-0.05, 0) is 45.7 Å². The van der Waals surface area contributed by atoms with E-state index in [1.54, 1.807) is 43.0 Å². The highest BCUT2D eigenvalue weighted by Gasteiger charge is 2.28. The molecule has 2 amide bonds. The largest absolute Gasteiger partial charge is 0.454 e. The first kappa shape index (κ1) is 23.0. The van der Waals surface area contributed by atoms with E-state index in [0.29, 0.717) is 5.02 Å². The fraction of sp³-hybridized carbons (Fsp3) is 0.550. The van der Waals surface area contributed by atoms with Gasteiger partial charge in [0.1, 0.15) is 6.04 Å². The van der Waals surface area contributed by atoms with Gasteiger partial charge in [-0.3, -0.25) is 9.59 Å². The molecule has 0 aliphatic heterocycles. The summed E-state index contributed by atoms with van der Waals surface area (Å²) >= 11 is 6.03. The van der Waals surface area contributed by atoms with Gasteiger partial charge in [0.15, 0.2) is 6.61 Å². The van der Waals surface area contributed by atoms with Gasteiger partial charge in [0.05, 0.1) is 10.6 Å². The highest BCUT2D eigenvalue weighted by molar-refractivity contribution is 6.33. The first-order valence-electron chi connectivity index (χ1n) is 9.09. The quantitative estimate of drug-likeness (QED) is 0.684. The average molecular weight is 397 g/mol. The molecule has 0 aliphatic rings. The summed E-state index contributed by atoms with van der Waals surface area (Å²) in [4.78, 5) is 38.9. The molecular weight excluding hydrogens is 368 g/mol. The first-order chi connectivity index (χ1) is 12.6. The van der Waals surface area contributed by atoms with Crippen LogP contribution in [-0.4, -0.2) is 47.4 Å². The van der Waals surface area contributed by atoms with Crippen molar-refractivity contribution in [2.45, 2.75) is 59.7 Å². The topological polar surface area (TPSA) is 75.7 Å². The number of amides is 2. The summed E-state index contributed by atoms with van der Waals surface area (Å²) in [6.07, 6.45) is 0. The molecule has 1 rings (SSSR count). The zero-order valence-electron chi connectivity index (χ0n) is 16.8. The maximum Gasteiger partial charge on any atom is 0.329 e. The van der Waals surface area contributed by atoms with Crippen molar-refractivity contribution in [1.82, 2.24) is 10.2 Å². The van der Waals surface area contributed by atoms with E-state index in [2.05, 4.69) is 5.32 Å². The minimum Gasteiger partial charge on any atom is -0.454 e. The van der Waals surface area contributed by atoms with Gasteiger partial charge >= 0.3 is 5.97 Å². The first-order valence-corrected chi connectivity index (χ1v) is 9.47. The van der Waals surface area contributed by atoms with Crippen molar-refractivity contribution in [3.05, 3.63) is 34.9 Å². The summed E-state index contributed by atoms with van der Waals surface area (Å²) in [5, 5.41) is 2.95. The molecule has 150 valence electrons. The van der Waals surface area contributed by atoms with E-state index in [9.17, 15) is 14.4 Å². The summed E-state index contributed by atoms with van der Waals surface area (Å²) in [5.41, 5.74) is 0.277. The minimum absolute atomic E-state index is 0.00276. The van der Waals surface area contributed by atoms with Crippen molar-refractivity contribution in [3.63, 3.8) is 0 Å². The number of carbonyl (C=O) groups is 3. The monoisotopic (exact) mass is 396 g/mol. The molecule has 0 radical (unpaired) electrons. The van der Waals surface area contributed by atoms with Gasteiger partial charge in [0, 0.05) is 12.1 Å². The molecule has 0 aromatic heterocycles. The Bertz CT molecular complexity index is 666. The summed E-state index contributed by atoms with van der Waals surface area (Å²) < 4.78 is 5.20. The molecule has 1 aromatic carbocycles. The van der Waals surface area contributed by atoms with Gasteiger partial charge in [0.25, 0.3) is 11.8 Å². The molecule has 6 nitrogen and oxygen atoms in total. The van der Waals surface area contributed by atoms with Gasteiger partial charge < -0.3 is 15.0 Å². The third kappa shape index (κ3) is 6.54. The molecule has 7 heteroatoms. The number of halogens is 1. The van der Waals surface area contributed by atoms with E-state index in [1.807, 2.05) is 27.7 Å². The van der Waals surface area contributed by atoms with Crippen molar-refractivity contribution >= 4 is 29.4 Å². The molecule has 1 N–H and O–H groups in total. The van der Waals surface area contributed by atoms with Crippen molar-refractivity contribution < 1.29 is 19.1 Å². The van der Waals surface area contributed by atoms with Gasteiger partial charge in [-0.25, -0.2) is 4.79 Å². The normalized spacial score (nSPS) is 12.2. The maximum atomic E-state index is 12.5. The number of hydrogen-bond donors (Lipinski definition) is 1. The van der Waals surface area contributed by atoms with Crippen LogP contribution in [0.2, 0.25) is 5.02 Å². The van der Waals surface area contributed by atoms with E-state index >= 15 is 0 Å². The molecule has 0 aliphatic carbocycles. The number of ether oxygens (including phenoxy) is 1. The second-order valence-electron chi connectivity index (χ2n) is 7.27. The number of carbonyl (C=O) groups excluding carboxylic acids is 3. The minimum atomic E-state index is -0.881. The fourth-order valence-corrected chi connectivity index (χ4v) is 3.05. The average Bonchev–Trinajstić information content (AvgIpc) is 2.56. The van der Waals surface area contributed by atoms with Crippen LogP contribution in [0.3, 0.4) is 0 Å². The van der Waals surface area contributed by atoms with E-state index in [0.717, 1.165) is 0 Å². The summed E-state index contributed by atoms with van der Waals surface area (Å²) in [6.45, 7) is 10.8. The van der Waals surface area contributed by atoms with Crippen molar-refractivity contribution in [1.29, 1.82) is 0 Å². The fourth-order valence-electron chi connectivity index (χ4n) is 2.83. The van der Waals surface area contributed by atoms with Gasteiger partial charge in [0.2, 0.25) is 0 Å². The number of esters is 1. The van der Waals surface area contributed by atoms with Crippen LogP contribution in [0.5, 0.6) is 0 Å². The van der Waals surface area contributed by atoms with Crippen LogP contribution in [0.1, 0.15) is 51.9 Å². The van der Waals surface area contributed by atoms with E-state index < -0.39 is 17.9 Å². The third-order valence-corrected chi connectivity index (χ3v) is 4.39. The van der Waals surface area contributed by atoms with E-state index in [-0.39, 0.29) is 36.1 Å². The van der Waals surface area contributed by atoms with Crippen LogP contribution >= 0.6 is 11.6 Å². The lowest BCUT2D eigenvalue weighted by Crippen LogP contribution is -2.48. The predicted molar refractivity (Wildman–Crippen MR) is 106 cm³/mol. The molecule has 1 atom stereocenters. The van der Waals surface area contributed by atoms with Crippen LogP contribution in [-0.2, 0) is 14.3 Å². The maximum absolute atomic E-state index is 12.5. The molecule has 0 saturated carbocycles. The zero-order valence-corrected chi connectivity index (χ0v) is 17.5. The Morgan fingerprint density at radius 3 is 2.07 bits per heavy atom. The Labute approximate surface area is 166 Å².